The summed E-state index contributed by atoms with van der Waals surface area (Å²) in [6, 6.07) is 16.1. The Kier molecular flexibility index (Phi) is 5.42. The van der Waals surface area contributed by atoms with Crippen LogP contribution in [0.1, 0.15) is 36.1 Å². The van der Waals surface area contributed by atoms with Crippen molar-refractivity contribution in [2.24, 2.45) is 5.10 Å². The van der Waals surface area contributed by atoms with Crippen molar-refractivity contribution in [1.29, 1.82) is 0 Å². The highest BCUT2D eigenvalue weighted by Gasteiger charge is 2.19. The molecule has 0 aliphatic heterocycles. The van der Waals surface area contributed by atoms with Gasteiger partial charge >= 0.3 is 0 Å². The van der Waals surface area contributed by atoms with Crippen molar-refractivity contribution >= 4 is 23.0 Å². The molecular weight excluding hydrogens is 350 g/mol. The van der Waals surface area contributed by atoms with E-state index in [1.165, 1.54) is 35.0 Å². The number of hydrazone groups is 1. The molecule has 0 saturated heterocycles. The summed E-state index contributed by atoms with van der Waals surface area (Å²) in [6.45, 7) is 0.677. The average Bonchev–Trinajstić information content (AvgIpc) is 3.06. The summed E-state index contributed by atoms with van der Waals surface area (Å²) in [5, 5.41) is 5.42. The number of methoxy groups -OCH3 is 1. The van der Waals surface area contributed by atoms with Crippen molar-refractivity contribution in [3.8, 4) is 5.75 Å². The molecule has 3 aromatic rings. The van der Waals surface area contributed by atoms with E-state index in [0.717, 1.165) is 24.2 Å². The smallest absolute Gasteiger partial charge is 0.241 e. The van der Waals surface area contributed by atoms with Crippen LogP contribution in [-0.2, 0) is 24.2 Å². The number of para-hydroxylation sites is 1. The molecule has 1 heterocycles. The second-order valence-corrected chi connectivity index (χ2v) is 7.12. The van der Waals surface area contributed by atoms with Gasteiger partial charge in [-0.25, -0.2) is 5.43 Å². The molecule has 4 rings (SSSR count). The van der Waals surface area contributed by atoms with Crippen LogP contribution in [0.2, 0.25) is 0 Å². The van der Waals surface area contributed by atoms with Crippen LogP contribution in [0.4, 0.5) is 0 Å². The van der Waals surface area contributed by atoms with Gasteiger partial charge in [-0.3, -0.25) is 4.79 Å². The fourth-order valence-electron chi connectivity index (χ4n) is 4.01. The number of fused-ring (bicyclic) bond motifs is 3. The highest BCUT2D eigenvalue weighted by atomic mass is 16.5. The molecule has 0 radical (unpaired) electrons. The zero-order valence-electron chi connectivity index (χ0n) is 16.1. The molecule has 144 valence electrons. The molecule has 1 amide bonds. The minimum Gasteiger partial charge on any atom is -0.497 e. The molecule has 0 unspecified atom stereocenters. The highest BCUT2D eigenvalue weighted by molar-refractivity contribution is 5.86. The van der Waals surface area contributed by atoms with Crippen molar-refractivity contribution in [3.63, 3.8) is 0 Å². The van der Waals surface area contributed by atoms with Crippen LogP contribution in [0.3, 0.4) is 0 Å². The number of hydrogen-bond acceptors (Lipinski definition) is 3. The molecule has 0 spiro atoms. The lowest BCUT2D eigenvalue weighted by Crippen LogP contribution is -2.20. The molecule has 2 aromatic carbocycles. The molecule has 0 atom stereocenters. The van der Waals surface area contributed by atoms with Gasteiger partial charge < -0.3 is 9.30 Å². The van der Waals surface area contributed by atoms with Crippen LogP contribution in [0.25, 0.3) is 10.9 Å². The third-order valence-electron chi connectivity index (χ3n) is 5.34. The third kappa shape index (κ3) is 3.79. The van der Waals surface area contributed by atoms with Gasteiger partial charge in [0.2, 0.25) is 5.91 Å². The number of amides is 1. The lowest BCUT2D eigenvalue weighted by molar-refractivity contribution is -0.121. The van der Waals surface area contributed by atoms with Gasteiger partial charge in [0.15, 0.2) is 0 Å². The van der Waals surface area contributed by atoms with Crippen molar-refractivity contribution in [2.45, 2.75) is 38.6 Å². The van der Waals surface area contributed by atoms with E-state index in [4.69, 9.17) is 4.74 Å². The van der Waals surface area contributed by atoms with Crippen LogP contribution in [0, 0.1) is 0 Å². The van der Waals surface area contributed by atoms with E-state index in [1.807, 2.05) is 24.3 Å². The molecule has 0 fully saturated rings. The maximum atomic E-state index is 12.3. The summed E-state index contributed by atoms with van der Waals surface area (Å²) in [5.74, 6) is 0.682. The van der Waals surface area contributed by atoms with Crippen LogP contribution < -0.4 is 10.2 Å². The number of nitrogens with one attached hydrogen (secondary N) is 1. The molecule has 5 heteroatoms. The van der Waals surface area contributed by atoms with Gasteiger partial charge in [-0.1, -0.05) is 30.3 Å². The predicted octanol–water partition coefficient (Wildman–Crippen LogP) is 4.07. The van der Waals surface area contributed by atoms with Crippen molar-refractivity contribution < 1.29 is 9.53 Å². The first kappa shape index (κ1) is 18.3. The second kappa shape index (κ2) is 8.30. The number of aromatic nitrogens is 1. The van der Waals surface area contributed by atoms with E-state index >= 15 is 0 Å². The Morgan fingerprint density at radius 1 is 1.18 bits per heavy atom. The summed E-state index contributed by atoms with van der Waals surface area (Å²) in [6.07, 6.45) is 6.74. The minimum absolute atomic E-state index is 0.0820. The van der Waals surface area contributed by atoms with E-state index in [9.17, 15) is 4.79 Å². The monoisotopic (exact) mass is 375 g/mol. The summed E-state index contributed by atoms with van der Waals surface area (Å²) in [7, 11) is 1.63. The number of rotatable bonds is 6. The molecule has 0 bridgehead atoms. The zero-order chi connectivity index (χ0) is 19.3. The Morgan fingerprint density at radius 3 is 2.93 bits per heavy atom. The maximum absolute atomic E-state index is 12.3. The van der Waals surface area contributed by atoms with Gasteiger partial charge in [0.1, 0.15) is 5.75 Å². The summed E-state index contributed by atoms with van der Waals surface area (Å²) in [5.41, 5.74) is 7.63. The lowest BCUT2D eigenvalue weighted by atomic mass is 9.95. The molecule has 28 heavy (non-hydrogen) atoms. The Balaban J connectivity index is 1.42. The highest BCUT2D eigenvalue weighted by Crippen LogP contribution is 2.32. The quantitative estimate of drug-likeness (QED) is 0.522. The molecule has 1 N–H and O–H groups in total. The zero-order valence-corrected chi connectivity index (χ0v) is 16.1. The first-order chi connectivity index (χ1) is 13.8. The molecule has 0 saturated carbocycles. The van der Waals surface area contributed by atoms with E-state index in [-0.39, 0.29) is 5.91 Å². The van der Waals surface area contributed by atoms with E-state index < -0.39 is 0 Å². The number of aryl methyl sites for hydroxylation is 2. The average molecular weight is 375 g/mol. The standard InChI is InChI=1S/C23H25N3O2/c1-28-18-8-6-7-17(15-18)16-24-25-23(27)13-14-26-21-11-4-2-9-19(21)20-10-3-5-12-22(20)26/h2,4,6-9,11,15-16H,3,5,10,12-14H2,1H3,(H,25,27)/b24-16+. The van der Waals surface area contributed by atoms with Gasteiger partial charge in [-0.15, -0.1) is 0 Å². The van der Waals surface area contributed by atoms with E-state index in [2.05, 4.69) is 39.4 Å². The summed E-state index contributed by atoms with van der Waals surface area (Å²) < 4.78 is 7.52. The topological polar surface area (TPSA) is 55.6 Å². The van der Waals surface area contributed by atoms with Gasteiger partial charge in [0, 0.05) is 29.6 Å². The Labute approximate surface area is 165 Å². The number of ether oxygens (including phenoxy) is 1. The van der Waals surface area contributed by atoms with Gasteiger partial charge in [-0.05, 0) is 55.0 Å². The second-order valence-electron chi connectivity index (χ2n) is 7.12. The Hall–Kier alpha value is -3.08. The molecule has 1 aromatic heterocycles. The van der Waals surface area contributed by atoms with Gasteiger partial charge in [0.05, 0.1) is 13.3 Å². The van der Waals surface area contributed by atoms with Crippen LogP contribution in [-0.4, -0.2) is 23.8 Å². The predicted molar refractivity (Wildman–Crippen MR) is 112 cm³/mol. The summed E-state index contributed by atoms with van der Waals surface area (Å²) >= 11 is 0. The normalized spacial score (nSPS) is 13.6. The molecule has 5 nitrogen and oxygen atoms in total. The SMILES string of the molecule is COc1cccc(/C=N/NC(=O)CCn2c3c(c4ccccc42)CCCC3)c1. The van der Waals surface area contributed by atoms with E-state index in [1.54, 1.807) is 13.3 Å². The number of nitrogens with zero attached hydrogens (tertiary/aromatic N) is 2. The first-order valence-electron chi connectivity index (χ1n) is 9.81. The number of benzene rings is 2. The molecule has 1 aliphatic rings. The maximum Gasteiger partial charge on any atom is 0.241 e. The third-order valence-corrected chi connectivity index (χ3v) is 5.34. The van der Waals surface area contributed by atoms with Crippen LogP contribution >= 0.6 is 0 Å². The van der Waals surface area contributed by atoms with Crippen molar-refractivity contribution in [2.75, 3.05) is 7.11 Å². The molecule has 1 aliphatic carbocycles. The number of carbonyl (C=O) groups excluding carboxylic acids is 1. The van der Waals surface area contributed by atoms with Crippen LogP contribution in [0.15, 0.2) is 53.6 Å². The fraction of sp³-hybridized carbons (Fsp3) is 0.304. The van der Waals surface area contributed by atoms with Crippen LogP contribution in [0.5, 0.6) is 5.75 Å². The van der Waals surface area contributed by atoms with Gasteiger partial charge in [-0.2, -0.15) is 5.10 Å². The van der Waals surface area contributed by atoms with E-state index in [0.29, 0.717) is 13.0 Å². The Bertz CT molecular complexity index is 1020. The minimum atomic E-state index is -0.0820. The molecular formula is C23H25N3O2. The lowest BCUT2D eigenvalue weighted by Gasteiger charge is -2.15. The largest absolute Gasteiger partial charge is 0.497 e. The number of carbonyl (C=O) groups is 1. The van der Waals surface area contributed by atoms with Gasteiger partial charge in [0.25, 0.3) is 0 Å². The Morgan fingerprint density at radius 2 is 2.04 bits per heavy atom. The summed E-state index contributed by atoms with van der Waals surface area (Å²) in [4.78, 5) is 12.3. The van der Waals surface area contributed by atoms with Crippen molar-refractivity contribution in [1.82, 2.24) is 9.99 Å². The fourth-order valence-corrected chi connectivity index (χ4v) is 4.01. The van der Waals surface area contributed by atoms with Crippen molar-refractivity contribution in [3.05, 3.63) is 65.4 Å². The first-order valence-corrected chi connectivity index (χ1v) is 9.81. The number of hydrogen-bond donors (Lipinski definition) is 1.